The molecule has 2 aromatic carbocycles. The molecule has 0 amide bonds. The quantitative estimate of drug-likeness (QED) is 0.291. The number of nitrogens with zero attached hydrogens (tertiary/aromatic N) is 4. The molecule has 2 N–H and O–H groups in total. The van der Waals surface area contributed by atoms with E-state index in [0.29, 0.717) is 34.4 Å². The van der Waals surface area contributed by atoms with Gasteiger partial charge in [-0.15, -0.1) is 6.58 Å². The van der Waals surface area contributed by atoms with Crippen LogP contribution in [-0.4, -0.2) is 68.0 Å². The Kier molecular flexibility index (Phi) is 8.19. The Balaban J connectivity index is 1.57. The van der Waals surface area contributed by atoms with Crippen LogP contribution in [0.2, 0.25) is 5.02 Å². The summed E-state index contributed by atoms with van der Waals surface area (Å²) in [6, 6.07) is 13.5. The number of aromatic nitrogens is 2. The minimum Gasteiger partial charge on any atom is -0.494 e. The van der Waals surface area contributed by atoms with E-state index in [4.69, 9.17) is 16.3 Å². The van der Waals surface area contributed by atoms with Crippen LogP contribution in [0.4, 0.5) is 28.8 Å². The number of para-hydroxylation sites is 1. The summed E-state index contributed by atoms with van der Waals surface area (Å²) in [5.41, 5.74) is 2.55. The Labute approximate surface area is 217 Å². The largest absolute Gasteiger partial charge is 0.494 e. The Morgan fingerprint density at radius 1 is 1.14 bits per heavy atom. The molecular weight excluding hydrogens is 495 g/mol. The van der Waals surface area contributed by atoms with E-state index in [1.54, 1.807) is 19.9 Å². The second-order valence-corrected chi connectivity index (χ2v) is 12.4. The highest BCUT2D eigenvalue weighted by Gasteiger charge is 2.21. The lowest BCUT2D eigenvalue weighted by atomic mass is 10.2. The smallest absolute Gasteiger partial charge is 0.229 e. The van der Waals surface area contributed by atoms with Crippen molar-refractivity contribution in [3.63, 3.8) is 0 Å². The summed E-state index contributed by atoms with van der Waals surface area (Å²) in [6.07, 6.45) is 3.61. The van der Waals surface area contributed by atoms with Crippen LogP contribution >= 0.6 is 18.7 Å². The van der Waals surface area contributed by atoms with E-state index in [-0.39, 0.29) is 0 Å². The maximum atomic E-state index is 13.2. The predicted molar refractivity (Wildman–Crippen MR) is 151 cm³/mol. The summed E-state index contributed by atoms with van der Waals surface area (Å²) >= 11 is 6.42. The first-order valence-electron chi connectivity index (χ1n) is 11.8. The number of hydrogen-bond acceptors (Lipinski definition) is 8. The van der Waals surface area contributed by atoms with Gasteiger partial charge in [0.1, 0.15) is 17.9 Å². The Hall–Kier alpha value is -3.06. The van der Waals surface area contributed by atoms with Crippen molar-refractivity contribution in [3.05, 3.63) is 66.3 Å². The van der Waals surface area contributed by atoms with Crippen molar-refractivity contribution in [2.75, 3.05) is 68.7 Å². The van der Waals surface area contributed by atoms with Crippen LogP contribution < -0.4 is 25.6 Å². The Morgan fingerprint density at radius 3 is 2.61 bits per heavy atom. The van der Waals surface area contributed by atoms with Crippen molar-refractivity contribution < 1.29 is 9.30 Å². The maximum absolute atomic E-state index is 13.2. The molecule has 1 unspecified atom stereocenters. The van der Waals surface area contributed by atoms with E-state index < -0.39 is 7.14 Å². The number of likely N-dealkylation sites (N-methyl/N-ethyl adjacent to an activating group) is 1. The van der Waals surface area contributed by atoms with Crippen LogP contribution in [0.1, 0.15) is 0 Å². The second-order valence-electron chi connectivity index (χ2n) is 8.90. The summed E-state index contributed by atoms with van der Waals surface area (Å²) < 4.78 is 18.9. The molecule has 8 nitrogen and oxygen atoms in total. The molecule has 190 valence electrons. The predicted octanol–water partition coefficient (Wildman–Crippen LogP) is 5.18. The lowest BCUT2D eigenvalue weighted by molar-refractivity contribution is 0.312. The topological polar surface area (TPSA) is 82.6 Å². The first kappa shape index (κ1) is 26.0. The number of rotatable bonds is 9. The molecular formula is C26H32ClN6O2P. The highest BCUT2D eigenvalue weighted by atomic mass is 35.5. The summed E-state index contributed by atoms with van der Waals surface area (Å²) in [5, 5.41) is 7.55. The standard InChI is InChI=1S/C26H32ClN6O2P/c1-5-16-36(4,34)24-9-7-6-8-22(24)29-25-20(27)18-28-26(31-25)30-21-11-10-19(17-23(21)35-3)33-14-12-32(2)13-15-33/h5-11,17-18H,1,12-16H2,2-4H3,(H2,28,29,30,31). The van der Waals surface area contributed by atoms with Crippen molar-refractivity contribution in [2.45, 2.75) is 0 Å². The summed E-state index contributed by atoms with van der Waals surface area (Å²) in [5.74, 6) is 1.46. The fraction of sp³-hybridized carbons (Fsp3) is 0.308. The van der Waals surface area contributed by atoms with Crippen LogP contribution in [-0.2, 0) is 4.57 Å². The number of nitrogens with one attached hydrogen (secondary N) is 2. The van der Waals surface area contributed by atoms with Gasteiger partial charge in [0.25, 0.3) is 0 Å². The first-order valence-corrected chi connectivity index (χ1v) is 14.5. The zero-order chi connectivity index (χ0) is 25.7. The monoisotopic (exact) mass is 526 g/mol. The normalized spacial score (nSPS) is 15.7. The number of ether oxygens (including phenoxy) is 1. The summed E-state index contributed by atoms with van der Waals surface area (Å²) in [6.45, 7) is 9.50. The van der Waals surface area contributed by atoms with Crippen molar-refractivity contribution in [2.24, 2.45) is 0 Å². The third-order valence-electron chi connectivity index (χ3n) is 6.19. The molecule has 0 spiro atoms. The SMILES string of the molecule is C=CCP(C)(=O)c1ccccc1Nc1nc(Nc2ccc(N3CCN(C)CC3)cc2OC)ncc1Cl. The first-order chi connectivity index (χ1) is 17.3. The van der Waals surface area contributed by atoms with Crippen LogP contribution in [0.15, 0.2) is 61.3 Å². The van der Waals surface area contributed by atoms with Crippen molar-refractivity contribution in [1.82, 2.24) is 14.9 Å². The van der Waals surface area contributed by atoms with E-state index in [2.05, 4.69) is 50.1 Å². The van der Waals surface area contributed by atoms with Crippen LogP contribution in [0.25, 0.3) is 0 Å². The number of hydrogen-bond donors (Lipinski definition) is 2. The van der Waals surface area contributed by atoms with Gasteiger partial charge in [0.15, 0.2) is 5.82 Å². The molecule has 4 rings (SSSR count). The number of piperazine rings is 1. The molecule has 3 aromatic rings. The Bertz CT molecular complexity index is 1280. The zero-order valence-electron chi connectivity index (χ0n) is 20.9. The molecule has 0 saturated carbocycles. The van der Waals surface area contributed by atoms with Gasteiger partial charge >= 0.3 is 0 Å². The Morgan fingerprint density at radius 2 is 1.89 bits per heavy atom. The van der Waals surface area contributed by atoms with Crippen LogP contribution in [0.3, 0.4) is 0 Å². The van der Waals surface area contributed by atoms with Crippen LogP contribution in [0.5, 0.6) is 5.75 Å². The highest BCUT2D eigenvalue weighted by Crippen LogP contribution is 2.43. The average Bonchev–Trinajstić information content (AvgIpc) is 2.87. The number of anilines is 5. The van der Waals surface area contributed by atoms with E-state index in [1.165, 1.54) is 6.20 Å². The molecule has 1 aliphatic heterocycles. The molecule has 0 aliphatic carbocycles. The number of allylic oxidation sites excluding steroid dienone is 1. The highest BCUT2D eigenvalue weighted by molar-refractivity contribution is 7.71. The van der Waals surface area contributed by atoms with Gasteiger partial charge in [-0.1, -0.05) is 29.8 Å². The van der Waals surface area contributed by atoms with E-state index in [0.717, 1.165) is 42.9 Å². The van der Waals surface area contributed by atoms with Crippen molar-refractivity contribution in [3.8, 4) is 5.75 Å². The third-order valence-corrected chi connectivity index (χ3v) is 8.83. The summed E-state index contributed by atoms with van der Waals surface area (Å²) in [7, 11) is 1.15. The fourth-order valence-corrected chi connectivity index (χ4v) is 6.01. The molecule has 0 radical (unpaired) electrons. The molecule has 1 atom stereocenters. The fourth-order valence-electron chi connectivity index (χ4n) is 4.14. The van der Waals surface area contributed by atoms with E-state index >= 15 is 0 Å². The van der Waals surface area contributed by atoms with Gasteiger partial charge in [0.2, 0.25) is 5.95 Å². The van der Waals surface area contributed by atoms with Crippen molar-refractivity contribution in [1.29, 1.82) is 0 Å². The average molecular weight is 527 g/mol. The molecule has 1 saturated heterocycles. The van der Waals surface area contributed by atoms with Gasteiger partial charge in [0, 0.05) is 49.4 Å². The van der Waals surface area contributed by atoms with Gasteiger partial charge < -0.3 is 29.7 Å². The molecule has 0 bridgehead atoms. The van der Waals surface area contributed by atoms with Gasteiger partial charge in [0.05, 0.1) is 24.7 Å². The molecule has 1 aromatic heterocycles. The number of benzene rings is 2. The lowest BCUT2D eigenvalue weighted by Gasteiger charge is -2.34. The minimum absolute atomic E-state index is 0.349. The molecule has 36 heavy (non-hydrogen) atoms. The molecule has 2 heterocycles. The van der Waals surface area contributed by atoms with E-state index in [9.17, 15) is 4.57 Å². The van der Waals surface area contributed by atoms with Crippen LogP contribution in [0, 0.1) is 0 Å². The lowest BCUT2D eigenvalue weighted by Crippen LogP contribution is -2.44. The second kappa shape index (κ2) is 11.3. The third kappa shape index (κ3) is 6.01. The number of halogens is 1. The van der Waals surface area contributed by atoms with Gasteiger partial charge in [-0.25, -0.2) is 4.98 Å². The van der Waals surface area contributed by atoms with E-state index in [1.807, 2.05) is 36.4 Å². The zero-order valence-corrected chi connectivity index (χ0v) is 22.5. The molecule has 1 aliphatic rings. The minimum atomic E-state index is -2.64. The van der Waals surface area contributed by atoms with Gasteiger partial charge in [-0.05, 0) is 38.0 Å². The molecule has 1 fully saturated rings. The van der Waals surface area contributed by atoms with Gasteiger partial charge in [-0.2, -0.15) is 4.98 Å². The maximum Gasteiger partial charge on any atom is 0.229 e. The van der Waals surface area contributed by atoms with Crippen molar-refractivity contribution >= 4 is 52.9 Å². The summed E-state index contributed by atoms with van der Waals surface area (Å²) in [4.78, 5) is 13.6. The molecule has 10 heteroatoms. The number of methoxy groups -OCH3 is 1. The van der Waals surface area contributed by atoms with Gasteiger partial charge in [-0.3, -0.25) is 0 Å².